The standard InChI is InChI=1S/C27H39N5O.HI/c1-3-28-27(30-24-15-18-32(21-24)25-11-7-8-12-26(25)33-2)29-19-23-14-17-31(20-23)16-13-22-9-5-4-6-10-22;/h4-12,23-24H,3,13-21H2,1-2H3,(H2,28,29,30);1H. The number of hydrogen-bond donors (Lipinski definition) is 2. The monoisotopic (exact) mass is 577 g/mol. The summed E-state index contributed by atoms with van der Waals surface area (Å²) in [6, 6.07) is 19.5. The van der Waals surface area contributed by atoms with Crippen molar-refractivity contribution < 1.29 is 4.74 Å². The number of hydrogen-bond acceptors (Lipinski definition) is 4. The van der Waals surface area contributed by atoms with E-state index in [1.54, 1.807) is 7.11 Å². The number of rotatable bonds is 9. The van der Waals surface area contributed by atoms with Gasteiger partial charge in [-0.15, -0.1) is 24.0 Å². The number of nitrogens with zero attached hydrogens (tertiary/aromatic N) is 3. The Labute approximate surface area is 222 Å². The van der Waals surface area contributed by atoms with E-state index in [0.717, 1.165) is 63.8 Å². The molecular weight excluding hydrogens is 537 g/mol. The van der Waals surface area contributed by atoms with Gasteiger partial charge < -0.3 is 25.2 Å². The Hall–Kier alpha value is -2.00. The molecule has 2 heterocycles. The summed E-state index contributed by atoms with van der Waals surface area (Å²) in [6.07, 6.45) is 3.47. The highest BCUT2D eigenvalue weighted by Crippen LogP contribution is 2.30. The Morgan fingerprint density at radius 2 is 1.82 bits per heavy atom. The van der Waals surface area contributed by atoms with Crippen molar-refractivity contribution >= 4 is 35.6 Å². The first-order valence-electron chi connectivity index (χ1n) is 12.4. The number of guanidine groups is 1. The second-order valence-corrected chi connectivity index (χ2v) is 9.16. The molecule has 0 bridgehead atoms. The van der Waals surface area contributed by atoms with E-state index in [4.69, 9.17) is 9.73 Å². The van der Waals surface area contributed by atoms with Crippen LogP contribution in [0.25, 0.3) is 0 Å². The van der Waals surface area contributed by atoms with Gasteiger partial charge in [0, 0.05) is 45.3 Å². The van der Waals surface area contributed by atoms with E-state index in [9.17, 15) is 0 Å². The zero-order valence-electron chi connectivity index (χ0n) is 20.6. The third kappa shape index (κ3) is 7.50. The number of likely N-dealkylation sites (tertiary alicyclic amines) is 1. The van der Waals surface area contributed by atoms with E-state index in [1.807, 2.05) is 12.1 Å². The van der Waals surface area contributed by atoms with Gasteiger partial charge in [0.15, 0.2) is 5.96 Å². The highest BCUT2D eigenvalue weighted by Gasteiger charge is 2.26. The highest BCUT2D eigenvalue weighted by atomic mass is 127. The van der Waals surface area contributed by atoms with Crippen molar-refractivity contribution in [2.75, 3.05) is 57.8 Å². The lowest BCUT2D eigenvalue weighted by molar-refractivity contribution is 0.329. The number of nitrogens with one attached hydrogen (secondary N) is 2. The van der Waals surface area contributed by atoms with E-state index in [2.05, 4.69) is 69.8 Å². The van der Waals surface area contributed by atoms with Crippen LogP contribution in [0.4, 0.5) is 5.69 Å². The van der Waals surface area contributed by atoms with Gasteiger partial charge in [0.25, 0.3) is 0 Å². The average molecular weight is 578 g/mol. The molecule has 2 fully saturated rings. The molecule has 2 unspecified atom stereocenters. The van der Waals surface area contributed by atoms with E-state index in [0.29, 0.717) is 12.0 Å². The van der Waals surface area contributed by atoms with Gasteiger partial charge in [-0.3, -0.25) is 4.99 Å². The Balaban J connectivity index is 0.00000324. The largest absolute Gasteiger partial charge is 0.495 e. The molecule has 2 aromatic rings. The molecule has 6 nitrogen and oxygen atoms in total. The fraction of sp³-hybridized carbons (Fsp3) is 0.519. The van der Waals surface area contributed by atoms with Crippen molar-refractivity contribution in [1.29, 1.82) is 0 Å². The molecule has 2 atom stereocenters. The minimum absolute atomic E-state index is 0. The van der Waals surface area contributed by atoms with Crippen LogP contribution < -0.4 is 20.3 Å². The van der Waals surface area contributed by atoms with E-state index in [-0.39, 0.29) is 24.0 Å². The Morgan fingerprint density at radius 3 is 2.62 bits per heavy atom. The van der Waals surface area contributed by atoms with Gasteiger partial charge >= 0.3 is 0 Å². The minimum Gasteiger partial charge on any atom is -0.495 e. The molecule has 34 heavy (non-hydrogen) atoms. The SMILES string of the molecule is CCNC(=NCC1CCN(CCc2ccccc2)C1)NC1CCN(c2ccccc2OC)C1.I. The first-order valence-corrected chi connectivity index (χ1v) is 12.4. The molecule has 4 rings (SSSR count). The van der Waals surface area contributed by atoms with Crippen LogP contribution >= 0.6 is 24.0 Å². The van der Waals surface area contributed by atoms with Crippen LogP contribution in [-0.4, -0.2) is 69.8 Å². The maximum Gasteiger partial charge on any atom is 0.191 e. The summed E-state index contributed by atoms with van der Waals surface area (Å²) in [4.78, 5) is 9.97. The number of methoxy groups -OCH3 is 1. The quantitative estimate of drug-likeness (QED) is 0.268. The summed E-state index contributed by atoms with van der Waals surface area (Å²) in [5, 5.41) is 7.13. The first kappa shape index (κ1) is 26.6. The molecule has 2 aliphatic rings. The van der Waals surface area contributed by atoms with Gasteiger partial charge in [0.2, 0.25) is 0 Å². The third-order valence-corrected chi connectivity index (χ3v) is 6.74. The summed E-state index contributed by atoms with van der Waals surface area (Å²) in [7, 11) is 1.74. The predicted molar refractivity (Wildman–Crippen MR) is 153 cm³/mol. The molecule has 2 saturated heterocycles. The van der Waals surface area contributed by atoms with Gasteiger partial charge in [-0.1, -0.05) is 42.5 Å². The molecule has 0 amide bonds. The van der Waals surface area contributed by atoms with E-state index >= 15 is 0 Å². The maximum atomic E-state index is 5.56. The summed E-state index contributed by atoms with van der Waals surface area (Å²) >= 11 is 0. The second kappa shape index (κ2) is 13.8. The summed E-state index contributed by atoms with van der Waals surface area (Å²) in [5.41, 5.74) is 2.60. The van der Waals surface area contributed by atoms with Crippen LogP contribution in [0, 0.1) is 5.92 Å². The Kier molecular flexibility index (Phi) is 10.8. The maximum absolute atomic E-state index is 5.56. The van der Waals surface area contributed by atoms with Crippen LogP contribution in [-0.2, 0) is 6.42 Å². The van der Waals surface area contributed by atoms with Crippen molar-refractivity contribution in [2.24, 2.45) is 10.9 Å². The lowest BCUT2D eigenvalue weighted by atomic mass is 10.1. The van der Waals surface area contributed by atoms with Gasteiger partial charge in [-0.2, -0.15) is 0 Å². The molecule has 0 aliphatic carbocycles. The van der Waals surface area contributed by atoms with E-state index < -0.39 is 0 Å². The van der Waals surface area contributed by atoms with Crippen molar-refractivity contribution in [3.05, 3.63) is 60.2 Å². The molecular formula is C27H40IN5O. The topological polar surface area (TPSA) is 52.1 Å². The molecule has 2 aliphatic heterocycles. The van der Waals surface area contributed by atoms with Gasteiger partial charge in [0.05, 0.1) is 12.8 Å². The van der Waals surface area contributed by atoms with Gasteiger partial charge in [0.1, 0.15) is 5.75 Å². The number of para-hydroxylation sites is 2. The lowest BCUT2D eigenvalue weighted by Gasteiger charge is -2.22. The van der Waals surface area contributed by atoms with Crippen molar-refractivity contribution in [2.45, 2.75) is 32.2 Å². The van der Waals surface area contributed by atoms with Crippen LogP contribution in [0.5, 0.6) is 5.75 Å². The van der Waals surface area contributed by atoms with Crippen LogP contribution in [0.15, 0.2) is 59.6 Å². The predicted octanol–water partition coefficient (Wildman–Crippen LogP) is 4.01. The van der Waals surface area contributed by atoms with Crippen molar-refractivity contribution in [1.82, 2.24) is 15.5 Å². The normalized spacial score (nSPS) is 20.8. The van der Waals surface area contributed by atoms with Crippen LogP contribution in [0.1, 0.15) is 25.3 Å². The highest BCUT2D eigenvalue weighted by molar-refractivity contribution is 14.0. The summed E-state index contributed by atoms with van der Waals surface area (Å²) in [5.74, 6) is 2.54. The van der Waals surface area contributed by atoms with Crippen LogP contribution in [0.3, 0.4) is 0 Å². The van der Waals surface area contributed by atoms with Gasteiger partial charge in [-0.25, -0.2) is 0 Å². The third-order valence-electron chi connectivity index (χ3n) is 6.74. The minimum atomic E-state index is 0. The van der Waals surface area contributed by atoms with Gasteiger partial charge in [-0.05, 0) is 56.3 Å². The summed E-state index contributed by atoms with van der Waals surface area (Å²) < 4.78 is 5.56. The molecule has 2 aromatic carbocycles. The number of anilines is 1. The molecule has 0 aromatic heterocycles. The second-order valence-electron chi connectivity index (χ2n) is 9.16. The number of ether oxygens (including phenoxy) is 1. The molecule has 186 valence electrons. The number of benzene rings is 2. The average Bonchev–Trinajstić information content (AvgIpc) is 3.51. The fourth-order valence-corrected chi connectivity index (χ4v) is 4.92. The summed E-state index contributed by atoms with van der Waals surface area (Å²) in [6.45, 7) is 9.37. The van der Waals surface area contributed by atoms with E-state index in [1.165, 1.54) is 24.2 Å². The Morgan fingerprint density at radius 1 is 1.03 bits per heavy atom. The zero-order chi connectivity index (χ0) is 22.9. The molecule has 7 heteroatoms. The fourth-order valence-electron chi connectivity index (χ4n) is 4.92. The van der Waals surface area contributed by atoms with Crippen LogP contribution in [0.2, 0.25) is 0 Å². The van der Waals surface area contributed by atoms with Crippen molar-refractivity contribution in [3.8, 4) is 5.75 Å². The zero-order valence-corrected chi connectivity index (χ0v) is 22.9. The molecule has 0 spiro atoms. The molecule has 0 radical (unpaired) electrons. The Bertz CT molecular complexity index is 894. The number of halogens is 1. The lowest BCUT2D eigenvalue weighted by Crippen LogP contribution is -2.45. The smallest absolute Gasteiger partial charge is 0.191 e. The number of aliphatic imine (C=N–C) groups is 1. The van der Waals surface area contributed by atoms with Crippen molar-refractivity contribution in [3.63, 3.8) is 0 Å². The molecule has 2 N–H and O–H groups in total. The molecule has 0 saturated carbocycles. The first-order chi connectivity index (χ1) is 16.2.